The predicted octanol–water partition coefficient (Wildman–Crippen LogP) is 4.04. The average molecular weight is 371 g/mol. The molecule has 1 N–H and O–H groups in total. The van der Waals surface area contributed by atoms with Crippen LogP contribution >= 0.6 is 11.3 Å². The van der Waals surface area contributed by atoms with Crippen molar-refractivity contribution < 1.29 is 9.59 Å². The van der Waals surface area contributed by atoms with Crippen molar-refractivity contribution in [2.24, 2.45) is 0 Å². The Morgan fingerprint density at radius 3 is 2.46 bits per heavy atom. The van der Waals surface area contributed by atoms with E-state index in [2.05, 4.69) is 5.32 Å². The van der Waals surface area contributed by atoms with Crippen LogP contribution < -0.4 is 5.32 Å². The van der Waals surface area contributed by atoms with Crippen LogP contribution in [0.5, 0.6) is 0 Å². The lowest BCUT2D eigenvalue weighted by atomic mass is 9.95. The third kappa shape index (κ3) is 3.98. The SMILES string of the molecule is CCN(CC)C(=O)c1ccc(CNC(=O)c2csc3c2CCCC3)cc1. The molecule has 0 atom stereocenters. The Kier molecular flexibility index (Phi) is 6.09. The van der Waals surface area contributed by atoms with Crippen LogP contribution in [0.2, 0.25) is 0 Å². The van der Waals surface area contributed by atoms with Crippen molar-refractivity contribution in [1.82, 2.24) is 10.2 Å². The number of nitrogens with zero attached hydrogens (tertiary/aromatic N) is 1. The number of carbonyl (C=O) groups excluding carboxylic acids is 2. The van der Waals surface area contributed by atoms with Gasteiger partial charge < -0.3 is 10.2 Å². The summed E-state index contributed by atoms with van der Waals surface area (Å²) >= 11 is 1.71. The number of rotatable bonds is 6. The molecule has 2 aromatic rings. The largest absolute Gasteiger partial charge is 0.348 e. The van der Waals surface area contributed by atoms with Gasteiger partial charge in [-0.15, -0.1) is 11.3 Å². The van der Waals surface area contributed by atoms with Gasteiger partial charge in [0.15, 0.2) is 0 Å². The van der Waals surface area contributed by atoms with E-state index in [1.165, 1.54) is 23.3 Å². The zero-order chi connectivity index (χ0) is 18.5. The predicted molar refractivity (Wildman–Crippen MR) is 106 cm³/mol. The molecule has 0 aliphatic heterocycles. The summed E-state index contributed by atoms with van der Waals surface area (Å²) in [6, 6.07) is 7.52. The molecule has 1 aromatic carbocycles. The van der Waals surface area contributed by atoms with E-state index in [1.807, 2.05) is 43.5 Å². The van der Waals surface area contributed by atoms with Gasteiger partial charge in [0.25, 0.3) is 11.8 Å². The second-order valence-corrected chi connectivity index (χ2v) is 7.58. The number of amides is 2. The normalized spacial score (nSPS) is 13.2. The quantitative estimate of drug-likeness (QED) is 0.834. The van der Waals surface area contributed by atoms with Crippen LogP contribution in [-0.4, -0.2) is 29.8 Å². The Hall–Kier alpha value is -2.14. The highest BCUT2D eigenvalue weighted by Crippen LogP contribution is 2.30. The molecule has 0 unspecified atom stereocenters. The molecule has 5 heteroatoms. The summed E-state index contributed by atoms with van der Waals surface area (Å²) < 4.78 is 0. The van der Waals surface area contributed by atoms with Gasteiger partial charge >= 0.3 is 0 Å². The molecule has 3 rings (SSSR count). The number of hydrogen-bond acceptors (Lipinski definition) is 3. The molecule has 138 valence electrons. The number of fused-ring (bicyclic) bond motifs is 1. The summed E-state index contributed by atoms with van der Waals surface area (Å²) in [5, 5.41) is 5.01. The van der Waals surface area contributed by atoms with Gasteiger partial charge in [0.2, 0.25) is 0 Å². The second-order valence-electron chi connectivity index (χ2n) is 6.62. The van der Waals surface area contributed by atoms with Crippen LogP contribution in [0.3, 0.4) is 0 Å². The van der Waals surface area contributed by atoms with Gasteiger partial charge in [0, 0.05) is 35.5 Å². The van der Waals surface area contributed by atoms with Crippen molar-refractivity contribution in [3.8, 4) is 0 Å². The third-order valence-corrected chi connectivity index (χ3v) is 6.10. The molecule has 1 aliphatic rings. The second kappa shape index (κ2) is 8.49. The van der Waals surface area contributed by atoms with Gasteiger partial charge in [-0.2, -0.15) is 0 Å². The summed E-state index contributed by atoms with van der Waals surface area (Å²) in [7, 11) is 0. The van der Waals surface area contributed by atoms with Crippen molar-refractivity contribution in [1.29, 1.82) is 0 Å². The minimum absolute atomic E-state index is 0.00712. The van der Waals surface area contributed by atoms with Crippen LogP contribution in [0.25, 0.3) is 0 Å². The first kappa shape index (κ1) is 18.6. The lowest BCUT2D eigenvalue weighted by Gasteiger charge is -2.18. The minimum Gasteiger partial charge on any atom is -0.348 e. The number of hydrogen-bond donors (Lipinski definition) is 1. The lowest BCUT2D eigenvalue weighted by molar-refractivity contribution is 0.0772. The van der Waals surface area contributed by atoms with E-state index in [-0.39, 0.29) is 11.8 Å². The van der Waals surface area contributed by atoms with E-state index < -0.39 is 0 Å². The highest BCUT2D eigenvalue weighted by molar-refractivity contribution is 7.10. The molecule has 4 nitrogen and oxygen atoms in total. The smallest absolute Gasteiger partial charge is 0.253 e. The summed E-state index contributed by atoms with van der Waals surface area (Å²) in [6.45, 7) is 5.85. The number of nitrogens with one attached hydrogen (secondary N) is 1. The fraction of sp³-hybridized carbons (Fsp3) is 0.429. The topological polar surface area (TPSA) is 49.4 Å². The van der Waals surface area contributed by atoms with Crippen LogP contribution in [0.4, 0.5) is 0 Å². The Bertz CT molecular complexity index is 776. The summed E-state index contributed by atoms with van der Waals surface area (Å²) in [6.07, 6.45) is 4.53. The molecule has 0 saturated heterocycles. The van der Waals surface area contributed by atoms with Crippen LogP contribution in [-0.2, 0) is 19.4 Å². The summed E-state index contributed by atoms with van der Waals surface area (Å²) in [4.78, 5) is 28.0. The van der Waals surface area contributed by atoms with Gasteiger partial charge in [0.1, 0.15) is 0 Å². The molecule has 0 saturated carbocycles. The summed E-state index contributed by atoms with van der Waals surface area (Å²) in [5.41, 5.74) is 3.78. The first-order valence-electron chi connectivity index (χ1n) is 9.39. The van der Waals surface area contributed by atoms with Crippen LogP contribution in [0, 0.1) is 0 Å². The molecule has 1 aromatic heterocycles. The van der Waals surface area contributed by atoms with Gasteiger partial charge in [-0.05, 0) is 62.8 Å². The fourth-order valence-electron chi connectivity index (χ4n) is 3.42. The molecule has 0 spiro atoms. The Morgan fingerprint density at radius 2 is 1.77 bits per heavy atom. The molecule has 0 bridgehead atoms. The molecule has 0 fully saturated rings. The zero-order valence-corrected chi connectivity index (χ0v) is 16.3. The highest BCUT2D eigenvalue weighted by atomic mass is 32.1. The number of carbonyl (C=O) groups is 2. The Balaban J connectivity index is 1.60. The molecule has 0 radical (unpaired) electrons. The maximum Gasteiger partial charge on any atom is 0.253 e. The van der Waals surface area contributed by atoms with Crippen molar-refractivity contribution in [3.63, 3.8) is 0 Å². The molecule has 1 heterocycles. The molecule has 26 heavy (non-hydrogen) atoms. The number of aryl methyl sites for hydroxylation is 1. The monoisotopic (exact) mass is 370 g/mol. The Labute approximate surface area is 159 Å². The van der Waals surface area contributed by atoms with E-state index in [4.69, 9.17) is 0 Å². The minimum atomic E-state index is 0.00712. The zero-order valence-electron chi connectivity index (χ0n) is 15.5. The highest BCUT2D eigenvalue weighted by Gasteiger charge is 2.20. The first-order valence-corrected chi connectivity index (χ1v) is 10.3. The molecule has 1 aliphatic carbocycles. The van der Waals surface area contributed by atoms with Gasteiger partial charge in [-0.25, -0.2) is 0 Å². The van der Waals surface area contributed by atoms with E-state index in [0.717, 1.165) is 24.0 Å². The average Bonchev–Trinajstić information content (AvgIpc) is 3.11. The van der Waals surface area contributed by atoms with E-state index in [9.17, 15) is 9.59 Å². The number of thiophene rings is 1. The van der Waals surface area contributed by atoms with Crippen LogP contribution in [0.15, 0.2) is 29.6 Å². The number of benzene rings is 1. The van der Waals surface area contributed by atoms with Gasteiger partial charge in [-0.3, -0.25) is 9.59 Å². The third-order valence-electron chi connectivity index (χ3n) is 5.01. The first-order chi connectivity index (χ1) is 12.6. The maximum absolute atomic E-state index is 12.5. The van der Waals surface area contributed by atoms with Gasteiger partial charge in [-0.1, -0.05) is 12.1 Å². The van der Waals surface area contributed by atoms with Crippen molar-refractivity contribution in [2.45, 2.75) is 46.1 Å². The van der Waals surface area contributed by atoms with Gasteiger partial charge in [0.05, 0.1) is 5.56 Å². The Morgan fingerprint density at radius 1 is 1.08 bits per heavy atom. The van der Waals surface area contributed by atoms with Crippen molar-refractivity contribution in [3.05, 3.63) is 56.8 Å². The molecular formula is C21H26N2O2S. The maximum atomic E-state index is 12.5. The van der Waals surface area contributed by atoms with Crippen molar-refractivity contribution >= 4 is 23.2 Å². The molecule has 2 amide bonds. The van der Waals surface area contributed by atoms with E-state index >= 15 is 0 Å². The van der Waals surface area contributed by atoms with E-state index in [1.54, 1.807) is 16.2 Å². The standard InChI is InChI=1S/C21H26N2O2S/c1-3-23(4-2)21(25)16-11-9-15(10-12-16)13-22-20(24)18-14-26-19-8-6-5-7-17(18)19/h9-12,14H,3-8,13H2,1-2H3,(H,22,24). The van der Waals surface area contributed by atoms with Crippen LogP contribution in [0.1, 0.15) is 63.4 Å². The fourth-order valence-corrected chi connectivity index (χ4v) is 4.55. The molecular weight excluding hydrogens is 344 g/mol. The van der Waals surface area contributed by atoms with E-state index in [0.29, 0.717) is 25.2 Å². The van der Waals surface area contributed by atoms with Crippen molar-refractivity contribution in [2.75, 3.05) is 13.1 Å². The summed E-state index contributed by atoms with van der Waals surface area (Å²) in [5.74, 6) is 0.0585. The lowest BCUT2D eigenvalue weighted by Crippen LogP contribution is -2.30.